The van der Waals surface area contributed by atoms with Crippen molar-refractivity contribution in [2.24, 2.45) is 0 Å². The van der Waals surface area contributed by atoms with E-state index in [0.717, 1.165) is 0 Å². The van der Waals surface area contributed by atoms with Gasteiger partial charge in [0.1, 0.15) is 17.5 Å². The van der Waals surface area contributed by atoms with Crippen LogP contribution >= 0.6 is 23.2 Å². The minimum atomic E-state index is -0.507. The van der Waals surface area contributed by atoms with E-state index in [1.165, 1.54) is 30.3 Å². The molecule has 0 aliphatic rings. The molecule has 1 heterocycles. The lowest BCUT2D eigenvalue weighted by atomic mass is 10.3. The summed E-state index contributed by atoms with van der Waals surface area (Å²) in [5.41, 5.74) is 1.83. The lowest BCUT2D eigenvalue weighted by Gasteiger charge is -2.11. The highest BCUT2D eigenvalue weighted by molar-refractivity contribution is 6.31. The standard InChI is InChI=1S/C17H12Cl2F2N4/c1-9-6-16(23-10-2-4-14(20)12(18)7-10)25-17(22-9)24-11-3-5-15(21)13(19)8-11/h2-8H,1H3,(H2,22,23,24,25). The second kappa shape index (κ2) is 7.21. The van der Waals surface area contributed by atoms with Gasteiger partial charge in [-0.25, -0.2) is 13.8 Å². The highest BCUT2D eigenvalue weighted by Crippen LogP contribution is 2.24. The monoisotopic (exact) mass is 380 g/mol. The van der Waals surface area contributed by atoms with E-state index in [2.05, 4.69) is 20.6 Å². The first-order valence-electron chi connectivity index (χ1n) is 7.20. The zero-order valence-corrected chi connectivity index (χ0v) is 14.5. The van der Waals surface area contributed by atoms with Crippen LogP contribution in [-0.2, 0) is 0 Å². The van der Waals surface area contributed by atoms with Crippen molar-refractivity contribution in [2.75, 3.05) is 10.6 Å². The molecular weight excluding hydrogens is 369 g/mol. The van der Waals surface area contributed by atoms with E-state index < -0.39 is 11.6 Å². The fourth-order valence-electron chi connectivity index (χ4n) is 2.11. The Morgan fingerprint density at radius 1 is 0.800 bits per heavy atom. The number of benzene rings is 2. The van der Waals surface area contributed by atoms with Crippen molar-refractivity contribution in [3.05, 3.63) is 69.8 Å². The van der Waals surface area contributed by atoms with Crippen molar-refractivity contribution in [1.82, 2.24) is 9.97 Å². The molecule has 3 aromatic rings. The molecule has 0 unspecified atom stereocenters. The molecule has 0 bridgehead atoms. The fourth-order valence-corrected chi connectivity index (χ4v) is 2.47. The molecule has 2 N–H and O–H groups in total. The van der Waals surface area contributed by atoms with Gasteiger partial charge in [0.25, 0.3) is 0 Å². The van der Waals surface area contributed by atoms with Crippen LogP contribution in [0.2, 0.25) is 10.0 Å². The molecule has 0 atom stereocenters. The van der Waals surface area contributed by atoms with E-state index in [4.69, 9.17) is 23.2 Å². The van der Waals surface area contributed by atoms with Crippen LogP contribution in [0.3, 0.4) is 0 Å². The maximum absolute atomic E-state index is 13.2. The van der Waals surface area contributed by atoms with Gasteiger partial charge in [-0.2, -0.15) is 4.98 Å². The Labute approximate surface area is 152 Å². The molecule has 3 rings (SSSR count). The number of nitrogens with zero attached hydrogens (tertiary/aromatic N) is 2. The van der Waals surface area contributed by atoms with Gasteiger partial charge in [0.05, 0.1) is 10.0 Å². The third-order valence-corrected chi connectivity index (χ3v) is 3.80. The van der Waals surface area contributed by atoms with E-state index in [1.807, 2.05) is 0 Å². The predicted octanol–water partition coefficient (Wildman–Crippen LogP) is 5.86. The Morgan fingerprint density at radius 2 is 1.36 bits per heavy atom. The molecule has 0 amide bonds. The van der Waals surface area contributed by atoms with Crippen LogP contribution in [0.15, 0.2) is 42.5 Å². The number of nitrogens with one attached hydrogen (secondary N) is 2. The highest BCUT2D eigenvalue weighted by atomic mass is 35.5. The maximum Gasteiger partial charge on any atom is 0.229 e. The minimum absolute atomic E-state index is 0.00282. The van der Waals surface area contributed by atoms with Crippen LogP contribution in [0.4, 0.5) is 31.9 Å². The second-order valence-electron chi connectivity index (χ2n) is 5.23. The Kier molecular flexibility index (Phi) is 5.01. The van der Waals surface area contributed by atoms with E-state index >= 15 is 0 Å². The largest absolute Gasteiger partial charge is 0.340 e. The topological polar surface area (TPSA) is 49.8 Å². The normalized spacial score (nSPS) is 10.6. The van der Waals surface area contributed by atoms with E-state index in [1.54, 1.807) is 19.1 Å². The molecule has 8 heteroatoms. The summed E-state index contributed by atoms with van der Waals surface area (Å²) in [5.74, 6) is -0.209. The summed E-state index contributed by atoms with van der Waals surface area (Å²) in [6, 6.07) is 10.2. The summed E-state index contributed by atoms with van der Waals surface area (Å²) in [6.45, 7) is 1.80. The fraction of sp³-hybridized carbons (Fsp3) is 0.0588. The summed E-state index contributed by atoms with van der Waals surface area (Å²) >= 11 is 11.5. The number of hydrogen-bond donors (Lipinski definition) is 2. The quantitative estimate of drug-likeness (QED) is 0.595. The number of aryl methyl sites for hydroxylation is 1. The number of anilines is 4. The summed E-state index contributed by atoms with van der Waals surface area (Å²) in [6.07, 6.45) is 0. The highest BCUT2D eigenvalue weighted by Gasteiger charge is 2.07. The first kappa shape index (κ1) is 17.4. The number of aromatic nitrogens is 2. The molecule has 0 saturated heterocycles. The Bertz CT molecular complexity index is 863. The van der Waals surface area contributed by atoms with Gasteiger partial charge in [-0.1, -0.05) is 23.2 Å². The summed E-state index contributed by atoms with van der Waals surface area (Å²) < 4.78 is 26.5. The minimum Gasteiger partial charge on any atom is -0.340 e. The smallest absolute Gasteiger partial charge is 0.229 e. The molecule has 2 aromatic carbocycles. The molecular formula is C17H12Cl2F2N4. The van der Waals surface area contributed by atoms with Gasteiger partial charge in [-0.05, 0) is 43.3 Å². The first-order valence-corrected chi connectivity index (χ1v) is 7.96. The molecule has 25 heavy (non-hydrogen) atoms. The van der Waals surface area contributed by atoms with Gasteiger partial charge in [0.15, 0.2) is 0 Å². The molecule has 0 saturated carbocycles. The Hall–Kier alpha value is -2.44. The average molecular weight is 381 g/mol. The molecule has 0 aliphatic carbocycles. The second-order valence-corrected chi connectivity index (χ2v) is 6.04. The summed E-state index contributed by atoms with van der Waals surface area (Å²) in [5, 5.41) is 6.00. The molecule has 128 valence electrons. The van der Waals surface area contributed by atoms with Gasteiger partial charge in [-0.3, -0.25) is 0 Å². The van der Waals surface area contributed by atoms with Crippen LogP contribution in [0.1, 0.15) is 5.69 Å². The lowest BCUT2D eigenvalue weighted by Crippen LogP contribution is -2.02. The van der Waals surface area contributed by atoms with Crippen LogP contribution in [0.25, 0.3) is 0 Å². The zero-order chi connectivity index (χ0) is 18.0. The molecule has 0 fully saturated rings. The third-order valence-electron chi connectivity index (χ3n) is 3.22. The molecule has 0 spiro atoms. The molecule has 0 aliphatic heterocycles. The van der Waals surface area contributed by atoms with Crippen LogP contribution < -0.4 is 10.6 Å². The summed E-state index contributed by atoms with van der Waals surface area (Å²) in [7, 11) is 0. The van der Waals surface area contributed by atoms with E-state index in [-0.39, 0.29) is 10.0 Å². The van der Waals surface area contributed by atoms with E-state index in [0.29, 0.717) is 28.8 Å². The van der Waals surface area contributed by atoms with Gasteiger partial charge in [-0.15, -0.1) is 0 Å². The van der Waals surface area contributed by atoms with Crippen molar-refractivity contribution in [2.45, 2.75) is 6.92 Å². The van der Waals surface area contributed by atoms with Crippen molar-refractivity contribution in [3.63, 3.8) is 0 Å². The first-order chi connectivity index (χ1) is 11.9. The van der Waals surface area contributed by atoms with Crippen molar-refractivity contribution >= 4 is 46.3 Å². The molecule has 1 aromatic heterocycles. The zero-order valence-electron chi connectivity index (χ0n) is 12.9. The van der Waals surface area contributed by atoms with Gasteiger partial charge < -0.3 is 10.6 Å². The lowest BCUT2D eigenvalue weighted by molar-refractivity contribution is 0.628. The summed E-state index contributed by atoms with van der Waals surface area (Å²) in [4.78, 5) is 8.59. The maximum atomic E-state index is 13.2. The van der Waals surface area contributed by atoms with Crippen LogP contribution in [-0.4, -0.2) is 9.97 Å². The number of hydrogen-bond acceptors (Lipinski definition) is 4. The van der Waals surface area contributed by atoms with Crippen LogP contribution in [0.5, 0.6) is 0 Å². The molecule has 0 radical (unpaired) electrons. The predicted molar refractivity (Wildman–Crippen MR) is 96.2 cm³/mol. The van der Waals surface area contributed by atoms with E-state index in [9.17, 15) is 8.78 Å². The van der Waals surface area contributed by atoms with Crippen molar-refractivity contribution in [3.8, 4) is 0 Å². The molecule has 4 nitrogen and oxygen atoms in total. The van der Waals surface area contributed by atoms with Gasteiger partial charge >= 0.3 is 0 Å². The Balaban J connectivity index is 1.84. The SMILES string of the molecule is Cc1cc(Nc2ccc(F)c(Cl)c2)nc(Nc2ccc(F)c(Cl)c2)n1. The average Bonchev–Trinajstić information content (AvgIpc) is 2.54. The van der Waals surface area contributed by atoms with Crippen LogP contribution in [0, 0.1) is 18.6 Å². The van der Waals surface area contributed by atoms with Gasteiger partial charge in [0.2, 0.25) is 5.95 Å². The Morgan fingerprint density at radius 3 is 1.92 bits per heavy atom. The number of rotatable bonds is 4. The third kappa shape index (κ3) is 4.35. The van der Waals surface area contributed by atoms with Crippen molar-refractivity contribution in [1.29, 1.82) is 0 Å². The van der Waals surface area contributed by atoms with Gasteiger partial charge in [0, 0.05) is 23.1 Å². The number of halogens is 4. The van der Waals surface area contributed by atoms with Crippen molar-refractivity contribution < 1.29 is 8.78 Å².